The van der Waals surface area contributed by atoms with Crippen molar-refractivity contribution in [1.82, 2.24) is 19.5 Å². The molecular formula is C58H41N5. The Morgan fingerprint density at radius 2 is 0.984 bits per heavy atom. The van der Waals surface area contributed by atoms with E-state index in [1.54, 1.807) is 0 Å². The first-order valence-electron chi connectivity index (χ1n) is 21.3. The van der Waals surface area contributed by atoms with Crippen molar-refractivity contribution in [2.45, 2.75) is 0 Å². The molecular weight excluding hydrogens is 767 g/mol. The van der Waals surface area contributed by atoms with E-state index in [1.165, 1.54) is 32.9 Å². The molecule has 8 aromatic carbocycles. The third-order valence-electron chi connectivity index (χ3n) is 11.8. The van der Waals surface area contributed by atoms with E-state index in [0.29, 0.717) is 24.0 Å². The second kappa shape index (κ2) is 16.2. The highest BCUT2D eigenvalue weighted by Gasteiger charge is 2.20. The van der Waals surface area contributed by atoms with E-state index >= 15 is 0 Å². The molecule has 3 heterocycles. The molecule has 1 aliphatic heterocycles. The molecule has 10 aromatic rings. The fourth-order valence-corrected chi connectivity index (χ4v) is 8.77. The standard InChI is InChI=1S/C58H41N5/c1-40-18-6-5-15-37-62(47-34-31-41(32-35-47)49-28-17-30-54-55(49)50-27-13-14-29-53(50)63(54)48-25-11-4-12-26-48)52-36-33-45(39-51(40)52)44-23-16-24-46(38-44)58-60-56(42-19-7-2-8-20-42)59-57(61-58)43-21-9-3-10-22-43/h2-36,38-39H,1,37H2/b15-5-,18-6-. The van der Waals surface area contributed by atoms with Gasteiger partial charge in [-0.2, -0.15) is 0 Å². The second-order valence-electron chi connectivity index (χ2n) is 15.7. The number of anilines is 2. The van der Waals surface area contributed by atoms with Gasteiger partial charge in [-0.25, -0.2) is 15.0 Å². The average Bonchev–Trinajstić information content (AvgIpc) is 3.73. The summed E-state index contributed by atoms with van der Waals surface area (Å²) in [5, 5.41) is 2.49. The normalized spacial score (nSPS) is 13.6. The SMILES string of the molecule is C=C1/C=C\C=C/CN(c2ccc(-c3cccc4c3c3ccccc3n4-c3ccccc3)cc2)c2ccc(-c3cccc(-c4nc(-c5ccccc5)nc(-c5ccccc5)n4)c3)cc21. The Labute approximate surface area is 367 Å². The molecule has 0 atom stereocenters. The van der Waals surface area contributed by atoms with Gasteiger partial charge in [0.25, 0.3) is 0 Å². The fraction of sp³-hybridized carbons (Fsp3) is 0.0172. The molecule has 0 spiro atoms. The van der Waals surface area contributed by atoms with Crippen molar-refractivity contribution in [3.63, 3.8) is 0 Å². The maximum absolute atomic E-state index is 5.00. The molecule has 0 saturated heterocycles. The molecule has 0 radical (unpaired) electrons. The molecule has 1 aliphatic rings. The first-order chi connectivity index (χ1) is 31.2. The van der Waals surface area contributed by atoms with E-state index in [4.69, 9.17) is 15.0 Å². The van der Waals surface area contributed by atoms with Crippen LogP contribution in [0.4, 0.5) is 11.4 Å². The Morgan fingerprint density at radius 1 is 0.413 bits per heavy atom. The number of nitrogens with zero attached hydrogens (tertiary/aromatic N) is 5. The van der Waals surface area contributed by atoms with Crippen molar-refractivity contribution >= 4 is 38.8 Å². The molecule has 0 N–H and O–H groups in total. The van der Waals surface area contributed by atoms with Crippen LogP contribution in [0.3, 0.4) is 0 Å². The number of allylic oxidation sites excluding steroid dienone is 4. The van der Waals surface area contributed by atoms with Crippen molar-refractivity contribution in [2.75, 3.05) is 11.4 Å². The highest BCUT2D eigenvalue weighted by Crippen LogP contribution is 2.41. The quantitative estimate of drug-likeness (QED) is 0.161. The van der Waals surface area contributed by atoms with Gasteiger partial charge in [0.1, 0.15) is 0 Å². The van der Waals surface area contributed by atoms with E-state index in [9.17, 15) is 0 Å². The van der Waals surface area contributed by atoms with Crippen LogP contribution in [0.15, 0.2) is 231 Å². The minimum absolute atomic E-state index is 0.624. The lowest BCUT2D eigenvalue weighted by Gasteiger charge is -2.27. The van der Waals surface area contributed by atoms with Gasteiger partial charge in [-0.3, -0.25) is 0 Å². The maximum Gasteiger partial charge on any atom is 0.164 e. The van der Waals surface area contributed by atoms with Crippen LogP contribution in [0.2, 0.25) is 0 Å². The Bertz CT molecular complexity index is 3310. The largest absolute Gasteiger partial charge is 0.337 e. The number of rotatable bonds is 7. The number of benzene rings is 8. The lowest BCUT2D eigenvalue weighted by atomic mass is 9.95. The summed E-state index contributed by atoms with van der Waals surface area (Å²) in [5.74, 6) is 1.90. The van der Waals surface area contributed by atoms with Crippen LogP contribution < -0.4 is 4.90 Å². The van der Waals surface area contributed by atoms with Crippen LogP contribution in [0, 0.1) is 0 Å². The van der Waals surface area contributed by atoms with Gasteiger partial charge in [-0.1, -0.05) is 176 Å². The summed E-state index contributed by atoms with van der Waals surface area (Å²) in [4.78, 5) is 17.3. The molecule has 0 aliphatic carbocycles. The number of hydrogen-bond donors (Lipinski definition) is 0. The fourth-order valence-electron chi connectivity index (χ4n) is 8.77. The van der Waals surface area contributed by atoms with E-state index in [1.807, 2.05) is 60.7 Å². The number of aromatic nitrogens is 4. The molecule has 0 fully saturated rings. The van der Waals surface area contributed by atoms with Crippen LogP contribution in [0.25, 0.3) is 89.5 Å². The van der Waals surface area contributed by atoms with Crippen LogP contribution in [0.1, 0.15) is 5.56 Å². The highest BCUT2D eigenvalue weighted by molar-refractivity contribution is 6.15. The van der Waals surface area contributed by atoms with Crippen molar-refractivity contribution in [3.8, 4) is 62.1 Å². The first-order valence-corrected chi connectivity index (χ1v) is 21.3. The van der Waals surface area contributed by atoms with E-state index in [2.05, 4.69) is 180 Å². The second-order valence-corrected chi connectivity index (χ2v) is 15.7. The molecule has 5 nitrogen and oxygen atoms in total. The Morgan fingerprint density at radius 3 is 1.71 bits per heavy atom. The number of hydrogen-bond acceptors (Lipinski definition) is 4. The van der Waals surface area contributed by atoms with Crippen LogP contribution in [-0.4, -0.2) is 26.1 Å². The van der Waals surface area contributed by atoms with Crippen LogP contribution in [0.5, 0.6) is 0 Å². The Hall–Kier alpha value is -8.41. The van der Waals surface area contributed by atoms with Gasteiger partial charge in [0, 0.05) is 56.6 Å². The third-order valence-corrected chi connectivity index (χ3v) is 11.8. The van der Waals surface area contributed by atoms with Gasteiger partial charge in [0.05, 0.1) is 11.0 Å². The van der Waals surface area contributed by atoms with E-state index in [-0.39, 0.29) is 0 Å². The molecule has 298 valence electrons. The molecule has 0 unspecified atom stereocenters. The predicted octanol–water partition coefficient (Wildman–Crippen LogP) is 14.6. The van der Waals surface area contributed by atoms with Crippen molar-refractivity contribution in [3.05, 3.63) is 237 Å². The summed E-state index contributed by atoms with van der Waals surface area (Å²) in [7, 11) is 0. The summed E-state index contributed by atoms with van der Waals surface area (Å²) in [5.41, 5.74) is 15.1. The topological polar surface area (TPSA) is 46.8 Å². The molecule has 0 amide bonds. The zero-order chi connectivity index (χ0) is 42.1. The van der Waals surface area contributed by atoms with Crippen LogP contribution >= 0.6 is 0 Å². The summed E-state index contributed by atoms with van der Waals surface area (Å²) < 4.78 is 2.37. The van der Waals surface area contributed by atoms with E-state index < -0.39 is 0 Å². The van der Waals surface area contributed by atoms with Gasteiger partial charge in [-0.05, 0) is 82.4 Å². The van der Waals surface area contributed by atoms with Crippen LogP contribution in [-0.2, 0) is 0 Å². The maximum atomic E-state index is 5.00. The van der Waals surface area contributed by atoms with Gasteiger partial charge < -0.3 is 9.47 Å². The zero-order valence-corrected chi connectivity index (χ0v) is 34.5. The predicted molar refractivity (Wildman–Crippen MR) is 262 cm³/mol. The summed E-state index contributed by atoms with van der Waals surface area (Å²) >= 11 is 0. The third kappa shape index (κ3) is 7.11. The summed E-state index contributed by atoms with van der Waals surface area (Å²) in [6, 6.07) is 70.3. The molecule has 2 aromatic heterocycles. The first kappa shape index (κ1) is 37.6. The molecule has 0 saturated carbocycles. The average molecular weight is 808 g/mol. The molecule has 5 heteroatoms. The lowest BCUT2D eigenvalue weighted by Crippen LogP contribution is -2.18. The Kier molecular flexibility index (Phi) is 9.68. The summed E-state index contributed by atoms with van der Waals surface area (Å²) in [6.45, 7) is 5.26. The highest BCUT2D eigenvalue weighted by atomic mass is 15.1. The van der Waals surface area contributed by atoms with Crippen molar-refractivity contribution in [2.24, 2.45) is 0 Å². The van der Waals surface area contributed by atoms with Gasteiger partial charge >= 0.3 is 0 Å². The smallest absolute Gasteiger partial charge is 0.164 e. The minimum atomic E-state index is 0.624. The Balaban J connectivity index is 0.960. The van der Waals surface area contributed by atoms with Crippen molar-refractivity contribution in [1.29, 1.82) is 0 Å². The number of fused-ring (bicyclic) bond motifs is 4. The van der Waals surface area contributed by atoms with Gasteiger partial charge in [0.2, 0.25) is 0 Å². The van der Waals surface area contributed by atoms with Crippen molar-refractivity contribution < 1.29 is 0 Å². The van der Waals surface area contributed by atoms with Gasteiger partial charge in [-0.15, -0.1) is 0 Å². The monoisotopic (exact) mass is 807 g/mol. The molecule has 11 rings (SSSR count). The van der Waals surface area contributed by atoms with E-state index in [0.717, 1.165) is 56.0 Å². The molecule has 63 heavy (non-hydrogen) atoms. The van der Waals surface area contributed by atoms with Gasteiger partial charge in [0.15, 0.2) is 17.5 Å². The zero-order valence-electron chi connectivity index (χ0n) is 34.5. The molecule has 0 bridgehead atoms. The minimum Gasteiger partial charge on any atom is -0.337 e. The lowest BCUT2D eigenvalue weighted by molar-refractivity contribution is 1.07. The summed E-state index contributed by atoms with van der Waals surface area (Å²) in [6.07, 6.45) is 8.48. The number of para-hydroxylation sites is 2.